The largest absolute Gasteiger partial charge is 0.493 e. The molecule has 1 N–H and O–H groups in total. The first-order valence-electron chi connectivity index (χ1n) is 6.61. The first-order valence-corrected chi connectivity index (χ1v) is 7.75. The highest BCUT2D eigenvalue weighted by Gasteiger charge is 2.21. The predicted molar refractivity (Wildman–Crippen MR) is 85.8 cm³/mol. The minimum atomic E-state index is -0.735. The normalized spacial score (nSPS) is 14.7. The Morgan fingerprint density at radius 1 is 1.10 bits per heavy atom. The summed E-state index contributed by atoms with van der Waals surface area (Å²) in [7, 11) is 0. The molecule has 2 nitrogen and oxygen atoms in total. The van der Waals surface area contributed by atoms with Gasteiger partial charge in [-0.3, -0.25) is 0 Å². The maximum absolute atomic E-state index is 10.4. The van der Waals surface area contributed by atoms with Crippen LogP contribution >= 0.6 is 34.8 Å². The highest BCUT2D eigenvalue weighted by Crippen LogP contribution is 2.36. The lowest BCUT2D eigenvalue weighted by atomic mass is 9.98. The summed E-state index contributed by atoms with van der Waals surface area (Å²) in [4.78, 5) is 0. The molecule has 2 aromatic carbocycles. The Hall–Kier alpha value is -0.930. The summed E-state index contributed by atoms with van der Waals surface area (Å²) in [5.74, 6) is 0.837. The summed E-state index contributed by atoms with van der Waals surface area (Å²) in [6.07, 6.45) is 0.506. The maximum Gasteiger partial charge on any atom is 0.126 e. The van der Waals surface area contributed by atoms with E-state index in [1.807, 2.05) is 12.1 Å². The van der Waals surface area contributed by atoms with Crippen LogP contribution in [0.1, 0.15) is 22.8 Å². The maximum atomic E-state index is 10.4. The van der Waals surface area contributed by atoms with E-state index in [1.165, 1.54) is 0 Å². The zero-order valence-corrected chi connectivity index (χ0v) is 13.3. The van der Waals surface area contributed by atoms with Crippen LogP contribution in [0, 0.1) is 0 Å². The SMILES string of the molecule is OC(Cc1cc(Cl)cc2c1OCC2)c1ccc(Cl)cc1Cl. The number of aliphatic hydroxyl groups is 1. The zero-order chi connectivity index (χ0) is 15.0. The third kappa shape index (κ3) is 3.14. The standard InChI is InChI=1S/C16H13Cl3O2/c17-11-1-2-13(14(19)8-11)15(20)7-10-6-12(18)5-9-3-4-21-16(9)10/h1-2,5-6,8,15,20H,3-4,7H2. The number of aliphatic hydroxyl groups excluding tert-OH is 1. The van der Waals surface area contributed by atoms with E-state index in [-0.39, 0.29) is 0 Å². The summed E-state index contributed by atoms with van der Waals surface area (Å²) in [5.41, 5.74) is 2.63. The summed E-state index contributed by atoms with van der Waals surface area (Å²) < 4.78 is 5.65. The van der Waals surface area contributed by atoms with Gasteiger partial charge in [-0.05, 0) is 41.0 Å². The van der Waals surface area contributed by atoms with Gasteiger partial charge in [0.05, 0.1) is 12.7 Å². The second kappa shape index (κ2) is 6.05. The molecule has 110 valence electrons. The van der Waals surface area contributed by atoms with E-state index in [2.05, 4.69) is 0 Å². The fourth-order valence-electron chi connectivity index (χ4n) is 2.59. The Morgan fingerprint density at radius 2 is 1.90 bits per heavy atom. The van der Waals surface area contributed by atoms with E-state index in [9.17, 15) is 5.11 Å². The minimum absolute atomic E-state index is 0.393. The van der Waals surface area contributed by atoms with Crippen molar-refractivity contribution in [1.82, 2.24) is 0 Å². The number of ether oxygens (including phenoxy) is 1. The quantitative estimate of drug-likeness (QED) is 0.862. The molecule has 1 heterocycles. The van der Waals surface area contributed by atoms with Crippen LogP contribution in [-0.4, -0.2) is 11.7 Å². The third-order valence-electron chi connectivity index (χ3n) is 3.56. The fourth-order valence-corrected chi connectivity index (χ4v) is 3.39. The lowest BCUT2D eigenvalue weighted by Gasteiger charge is -2.15. The molecular formula is C16H13Cl3O2. The molecule has 1 unspecified atom stereocenters. The van der Waals surface area contributed by atoms with Gasteiger partial charge in [0.2, 0.25) is 0 Å². The van der Waals surface area contributed by atoms with Crippen molar-refractivity contribution in [2.24, 2.45) is 0 Å². The molecule has 1 atom stereocenters. The monoisotopic (exact) mass is 342 g/mol. The van der Waals surface area contributed by atoms with Crippen LogP contribution in [0.3, 0.4) is 0 Å². The Bertz CT molecular complexity index is 685. The summed E-state index contributed by atoms with van der Waals surface area (Å²) in [6, 6.07) is 8.82. The van der Waals surface area contributed by atoms with Crippen molar-refractivity contribution in [3.05, 3.63) is 62.1 Å². The molecule has 0 fully saturated rings. The molecule has 0 saturated heterocycles. The van der Waals surface area contributed by atoms with E-state index < -0.39 is 6.10 Å². The summed E-state index contributed by atoms with van der Waals surface area (Å²) in [6.45, 7) is 0.653. The van der Waals surface area contributed by atoms with Gasteiger partial charge in [-0.1, -0.05) is 40.9 Å². The summed E-state index contributed by atoms with van der Waals surface area (Å²) >= 11 is 18.1. The molecule has 0 aromatic heterocycles. The van der Waals surface area contributed by atoms with Gasteiger partial charge < -0.3 is 9.84 Å². The topological polar surface area (TPSA) is 29.5 Å². The first kappa shape index (κ1) is 15.0. The predicted octanol–water partition coefficient (Wildman–Crippen LogP) is 4.86. The highest BCUT2D eigenvalue weighted by atomic mass is 35.5. The van der Waals surface area contributed by atoms with Crippen molar-refractivity contribution in [3.63, 3.8) is 0 Å². The molecule has 0 bridgehead atoms. The number of fused-ring (bicyclic) bond motifs is 1. The van der Waals surface area contributed by atoms with Gasteiger partial charge in [-0.25, -0.2) is 0 Å². The average molecular weight is 344 g/mol. The Kier molecular flexibility index (Phi) is 4.32. The number of rotatable bonds is 3. The van der Waals surface area contributed by atoms with Gasteiger partial charge in [0.15, 0.2) is 0 Å². The van der Waals surface area contributed by atoms with E-state index in [4.69, 9.17) is 39.5 Å². The smallest absolute Gasteiger partial charge is 0.126 e. The van der Waals surface area contributed by atoms with E-state index >= 15 is 0 Å². The van der Waals surface area contributed by atoms with Crippen LogP contribution < -0.4 is 4.74 Å². The van der Waals surface area contributed by atoms with Gasteiger partial charge in [-0.15, -0.1) is 0 Å². The molecule has 0 saturated carbocycles. The number of hydrogen-bond donors (Lipinski definition) is 1. The molecule has 2 aromatic rings. The van der Waals surface area contributed by atoms with Gasteiger partial charge in [0, 0.05) is 27.9 Å². The van der Waals surface area contributed by atoms with Crippen molar-refractivity contribution < 1.29 is 9.84 Å². The highest BCUT2D eigenvalue weighted by molar-refractivity contribution is 6.35. The van der Waals surface area contributed by atoms with Crippen molar-refractivity contribution in [1.29, 1.82) is 0 Å². The average Bonchev–Trinajstić information content (AvgIpc) is 2.86. The van der Waals surface area contributed by atoms with Crippen LogP contribution in [0.2, 0.25) is 15.1 Å². The van der Waals surface area contributed by atoms with Crippen LogP contribution in [0.4, 0.5) is 0 Å². The summed E-state index contributed by atoms with van der Waals surface area (Å²) in [5, 5.41) is 12.1. The van der Waals surface area contributed by atoms with Gasteiger partial charge in [0.1, 0.15) is 5.75 Å². The molecular weight excluding hydrogens is 331 g/mol. The third-order valence-corrected chi connectivity index (χ3v) is 4.34. The number of hydrogen-bond acceptors (Lipinski definition) is 2. The minimum Gasteiger partial charge on any atom is -0.493 e. The second-order valence-corrected chi connectivity index (χ2v) is 6.32. The van der Waals surface area contributed by atoms with Gasteiger partial charge in [0.25, 0.3) is 0 Å². The lowest BCUT2D eigenvalue weighted by Crippen LogP contribution is -2.04. The molecule has 0 aliphatic carbocycles. The van der Waals surface area contributed by atoms with Crippen molar-refractivity contribution in [3.8, 4) is 5.75 Å². The Balaban J connectivity index is 1.90. The molecule has 0 radical (unpaired) electrons. The molecule has 1 aliphatic rings. The lowest BCUT2D eigenvalue weighted by molar-refractivity contribution is 0.177. The molecule has 5 heteroatoms. The number of benzene rings is 2. The van der Waals surface area contributed by atoms with Crippen LogP contribution in [-0.2, 0) is 12.8 Å². The zero-order valence-electron chi connectivity index (χ0n) is 11.1. The Labute approximate surface area is 138 Å². The fraction of sp³-hybridized carbons (Fsp3) is 0.250. The van der Waals surface area contributed by atoms with E-state index in [0.717, 1.165) is 23.3 Å². The van der Waals surface area contributed by atoms with Crippen molar-refractivity contribution in [2.75, 3.05) is 6.61 Å². The van der Waals surface area contributed by atoms with Crippen molar-refractivity contribution >= 4 is 34.8 Å². The first-order chi connectivity index (χ1) is 10.0. The van der Waals surface area contributed by atoms with E-state index in [0.29, 0.717) is 33.7 Å². The number of halogens is 3. The molecule has 1 aliphatic heterocycles. The van der Waals surface area contributed by atoms with Gasteiger partial charge >= 0.3 is 0 Å². The molecule has 0 amide bonds. The van der Waals surface area contributed by atoms with Gasteiger partial charge in [-0.2, -0.15) is 0 Å². The second-order valence-electron chi connectivity index (χ2n) is 5.04. The molecule has 21 heavy (non-hydrogen) atoms. The Morgan fingerprint density at radius 3 is 2.67 bits per heavy atom. The van der Waals surface area contributed by atoms with Crippen molar-refractivity contribution in [2.45, 2.75) is 18.9 Å². The molecule has 0 spiro atoms. The molecule has 3 rings (SSSR count). The van der Waals surface area contributed by atoms with Crippen LogP contribution in [0.5, 0.6) is 5.75 Å². The van der Waals surface area contributed by atoms with Crippen LogP contribution in [0.25, 0.3) is 0 Å². The van der Waals surface area contributed by atoms with E-state index in [1.54, 1.807) is 18.2 Å². The van der Waals surface area contributed by atoms with Crippen LogP contribution in [0.15, 0.2) is 30.3 Å².